The Hall–Kier alpha value is -2.18. The fraction of sp³-hybridized carbons (Fsp3) is 0.250. The lowest BCUT2D eigenvalue weighted by Gasteiger charge is -2.04. The molecule has 0 aromatic carbocycles. The minimum Gasteiger partial charge on any atom is -0.449 e. The molecule has 0 amide bonds. The van der Waals surface area contributed by atoms with Gasteiger partial charge in [-0.2, -0.15) is 0 Å². The van der Waals surface area contributed by atoms with Crippen molar-refractivity contribution >= 4 is 17.3 Å². The van der Waals surface area contributed by atoms with Crippen molar-refractivity contribution < 1.29 is 9.53 Å². The van der Waals surface area contributed by atoms with Crippen molar-refractivity contribution in [2.45, 2.75) is 6.92 Å². The van der Waals surface area contributed by atoms with Gasteiger partial charge in [-0.1, -0.05) is 0 Å². The summed E-state index contributed by atoms with van der Waals surface area (Å²) in [5, 5.41) is 7.72. The first-order valence-corrected chi connectivity index (χ1v) is 4.36. The van der Waals surface area contributed by atoms with Gasteiger partial charge < -0.3 is 9.72 Å². The minimum absolute atomic E-state index is 0.0176. The zero-order valence-electron chi connectivity index (χ0n) is 8.02. The largest absolute Gasteiger partial charge is 0.449 e. The smallest absolute Gasteiger partial charge is 0.420 e. The zero-order chi connectivity index (χ0) is 10.8. The number of fused-ring (bicyclic) bond motifs is 1. The van der Waals surface area contributed by atoms with Gasteiger partial charge in [0.05, 0.1) is 12.9 Å². The standard InChI is InChI=1S/C8H9N5O2/c1-2-15-8(14)13-4-12-7-5(6(13)9)10-3-11-7/h3-4,9H,2H2,1H3,(H,10,11). The Morgan fingerprint density at radius 2 is 2.47 bits per heavy atom. The Bertz CT molecular complexity index is 555. The SMILES string of the molecule is CCOC(=O)n1cnc2nc[nH]c2c1=N. The van der Waals surface area contributed by atoms with Crippen LogP contribution in [0.5, 0.6) is 0 Å². The summed E-state index contributed by atoms with van der Waals surface area (Å²) in [5.74, 6) is 0. The summed E-state index contributed by atoms with van der Waals surface area (Å²) in [7, 11) is 0. The summed E-state index contributed by atoms with van der Waals surface area (Å²) in [4.78, 5) is 21.9. The van der Waals surface area contributed by atoms with Crippen molar-refractivity contribution in [1.82, 2.24) is 19.5 Å². The predicted octanol–water partition coefficient (Wildman–Crippen LogP) is 0.243. The molecule has 0 saturated heterocycles. The summed E-state index contributed by atoms with van der Waals surface area (Å²) in [6.45, 7) is 1.95. The molecule has 7 nitrogen and oxygen atoms in total. The van der Waals surface area contributed by atoms with Crippen LogP contribution in [0.1, 0.15) is 6.92 Å². The molecule has 2 aromatic rings. The summed E-state index contributed by atoms with van der Waals surface area (Å²) in [5.41, 5.74) is 0.794. The third kappa shape index (κ3) is 1.47. The number of hydrogen-bond acceptors (Lipinski definition) is 5. The van der Waals surface area contributed by atoms with Gasteiger partial charge in [0.25, 0.3) is 0 Å². The molecule has 0 unspecified atom stereocenters. The van der Waals surface area contributed by atoms with Crippen LogP contribution < -0.4 is 5.49 Å². The predicted molar refractivity (Wildman–Crippen MR) is 50.2 cm³/mol. The van der Waals surface area contributed by atoms with Crippen LogP contribution in [0.15, 0.2) is 12.7 Å². The van der Waals surface area contributed by atoms with E-state index in [1.807, 2.05) is 0 Å². The summed E-state index contributed by atoms with van der Waals surface area (Å²) in [6.07, 6.45) is 2.03. The quantitative estimate of drug-likeness (QED) is 0.700. The Morgan fingerprint density at radius 3 is 3.20 bits per heavy atom. The van der Waals surface area contributed by atoms with Crippen LogP contribution in [-0.2, 0) is 4.74 Å². The first-order valence-electron chi connectivity index (χ1n) is 4.36. The number of nitrogens with one attached hydrogen (secondary N) is 2. The van der Waals surface area contributed by atoms with Crippen molar-refractivity contribution in [3.05, 3.63) is 18.1 Å². The number of ether oxygens (including phenoxy) is 1. The number of rotatable bonds is 1. The normalized spacial score (nSPS) is 10.5. The lowest BCUT2D eigenvalue weighted by molar-refractivity contribution is 0.152. The zero-order valence-corrected chi connectivity index (χ0v) is 8.02. The van der Waals surface area contributed by atoms with E-state index < -0.39 is 6.09 Å². The molecular weight excluding hydrogens is 198 g/mol. The van der Waals surface area contributed by atoms with E-state index in [1.54, 1.807) is 6.92 Å². The number of carbonyl (C=O) groups excluding carboxylic acids is 1. The number of H-pyrrole nitrogens is 1. The molecule has 2 aromatic heterocycles. The number of aromatic nitrogens is 4. The highest BCUT2D eigenvalue weighted by Crippen LogP contribution is 1.97. The molecule has 2 rings (SSSR count). The number of imidazole rings is 1. The third-order valence-electron chi connectivity index (χ3n) is 1.86. The number of carbonyl (C=O) groups is 1. The maximum Gasteiger partial charge on any atom is 0.420 e. The van der Waals surface area contributed by atoms with Crippen molar-refractivity contribution in [3.63, 3.8) is 0 Å². The Morgan fingerprint density at radius 1 is 1.67 bits per heavy atom. The second kappa shape index (κ2) is 3.52. The van der Waals surface area contributed by atoms with E-state index in [1.165, 1.54) is 12.7 Å². The first-order chi connectivity index (χ1) is 7.24. The molecule has 0 radical (unpaired) electrons. The molecule has 2 N–H and O–H groups in total. The molecule has 78 valence electrons. The van der Waals surface area contributed by atoms with E-state index in [2.05, 4.69) is 15.0 Å². The second-order valence-electron chi connectivity index (χ2n) is 2.76. The van der Waals surface area contributed by atoms with Gasteiger partial charge in [0.2, 0.25) is 0 Å². The van der Waals surface area contributed by atoms with Crippen molar-refractivity contribution in [2.24, 2.45) is 0 Å². The Kier molecular flexibility index (Phi) is 2.20. The van der Waals surface area contributed by atoms with Crippen LogP contribution in [0.4, 0.5) is 4.79 Å². The lowest BCUT2D eigenvalue weighted by Crippen LogP contribution is -2.28. The van der Waals surface area contributed by atoms with Crippen molar-refractivity contribution in [1.29, 1.82) is 5.41 Å². The fourth-order valence-corrected chi connectivity index (χ4v) is 1.18. The first kappa shape index (κ1) is 9.38. The van der Waals surface area contributed by atoms with Gasteiger partial charge in [-0.25, -0.2) is 19.3 Å². The topological polar surface area (TPSA) is 96.7 Å². The van der Waals surface area contributed by atoms with Crippen LogP contribution in [0, 0.1) is 5.41 Å². The Balaban J connectivity index is 2.57. The molecule has 0 fully saturated rings. The monoisotopic (exact) mass is 207 g/mol. The van der Waals surface area contributed by atoms with Crippen LogP contribution in [-0.4, -0.2) is 32.2 Å². The van der Waals surface area contributed by atoms with Gasteiger partial charge in [0.15, 0.2) is 11.1 Å². The molecule has 0 atom stereocenters. The Labute approximate surface area is 84.2 Å². The second-order valence-corrected chi connectivity index (χ2v) is 2.76. The molecule has 7 heteroatoms. The van der Waals surface area contributed by atoms with Crippen molar-refractivity contribution in [3.8, 4) is 0 Å². The molecule has 0 saturated carbocycles. The van der Waals surface area contributed by atoms with E-state index in [0.29, 0.717) is 11.2 Å². The average molecular weight is 207 g/mol. The van der Waals surface area contributed by atoms with E-state index in [9.17, 15) is 4.79 Å². The summed E-state index contributed by atoms with van der Waals surface area (Å²) < 4.78 is 5.78. The molecule has 0 aliphatic carbocycles. The van der Waals surface area contributed by atoms with Gasteiger partial charge >= 0.3 is 6.09 Å². The van der Waals surface area contributed by atoms with E-state index in [4.69, 9.17) is 10.1 Å². The number of aromatic amines is 1. The van der Waals surface area contributed by atoms with Crippen molar-refractivity contribution in [2.75, 3.05) is 6.61 Å². The number of nitrogens with zero attached hydrogens (tertiary/aromatic N) is 3. The van der Waals surface area contributed by atoms with Gasteiger partial charge in [-0.3, -0.25) is 5.41 Å². The van der Waals surface area contributed by atoms with Gasteiger partial charge in [0, 0.05) is 0 Å². The van der Waals surface area contributed by atoms with Crippen LogP contribution in [0.2, 0.25) is 0 Å². The molecule has 0 aliphatic rings. The van der Waals surface area contributed by atoms with Gasteiger partial charge in [-0.05, 0) is 6.92 Å². The van der Waals surface area contributed by atoms with Crippen LogP contribution in [0.25, 0.3) is 11.2 Å². The van der Waals surface area contributed by atoms with E-state index in [-0.39, 0.29) is 12.1 Å². The highest BCUT2D eigenvalue weighted by molar-refractivity contribution is 5.75. The molecule has 0 spiro atoms. The molecule has 2 heterocycles. The van der Waals surface area contributed by atoms with Crippen LogP contribution in [0.3, 0.4) is 0 Å². The van der Waals surface area contributed by atoms with Gasteiger partial charge in [0.1, 0.15) is 11.8 Å². The molecule has 15 heavy (non-hydrogen) atoms. The maximum absolute atomic E-state index is 11.4. The van der Waals surface area contributed by atoms with Crippen LogP contribution >= 0.6 is 0 Å². The summed E-state index contributed by atoms with van der Waals surface area (Å²) in [6, 6.07) is 0. The fourth-order valence-electron chi connectivity index (χ4n) is 1.18. The minimum atomic E-state index is -0.619. The van der Waals surface area contributed by atoms with E-state index >= 15 is 0 Å². The van der Waals surface area contributed by atoms with Gasteiger partial charge in [-0.15, -0.1) is 0 Å². The van der Waals surface area contributed by atoms with E-state index in [0.717, 1.165) is 4.57 Å². The maximum atomic E-state index is 11.4. The molecule has 0 bridgehead atoms. The number of hydrogen-bond donors (Lipinski definition) is 2. The average Bonchev–Trinajstić information content (AvgIpc) is 2.67. The highest BCUT2D eigenvalue weighted by Gasteiger charge is 2.09. The third-order valence-corrected chi connectivity index (χ3v) is 1.86. The summed E-state index contributed by atoms with van der Waals surface area (Å²) >= 11 is 0. The lowest BCUT2D eigenvalue weighted by atomic mass is 10.5. The highest BCUT2D eigenvalue weighted by atomic mass is 16.5. The molecule has 0 aliphatic heterocycles. The molecular formula is C8H9N5O2.